The van der Waals surface area contributed by atoms with E-state index in [0.717, 1.165) is 4.90 Å². The molecule has 3 aliphatic rings. The van der Waals surface area contributed by atoms with Crippen molar-refractivity contribution in [1.82, 2.24) is 4.90 Å². The van der Waals surface area contributed by atoms with Gasteiger partial charge in [0.2, 0.25) is 5.96 Å². The molecule has 0 aromatic heterocycles. The van der Waals surface area contributed by atoms with Gasteiger partial charge in [0, 0.05) is 0 Å². The SMILES string of the molecule is NC1=NC(=O)C2SC(=O)N([C@@H]3O[C@H](CO)[C@@H](O)[C@H]3O)C2=N1. The summed E-state index contributed by atoms with van der Waals surface area (Å²) >= 11 is 0.675. The lowest BCUT2D eigenvalue weighted by Crippen LogP contribution is -2.49. The number of fused-ring (bicyclic) bond motifs is 1. The molecule has 0 bridgehead atoms. The first-order valence-electron chi connectivity index (χ1n) is 6.03. The number of amides is 2. The number of nitrogens with two attached hydrogens (primary N) is 1. The number of rotatable bonds is 2. The van der Waals surface area contributed by atoms with Crippen LogP contribution < -0.4 is 5.73 Å². The number of ether oxygens (including phenoxy) is 1. The lowest BCUT2D eigenvalue weighted by atomic mass is 10.1. The van der Waals surface area contributed by atoms with E-state index in [-0.39, 0.29) is 11.8 Å². The van der Waals surface area contributed by atoms with Crippen LogP contribution >= 0.6 is 11.8 Å². The van der Waals surface area contributed by atoms with Crippen LogP contribution in [0.15, 0.2) is 9.98 Å². The zero-order chi connectivity index (χ0) is 15.3. The Balaban J connectivity index is 1.93. The summed E-state index contributed by atoms with van der Waals surface area (Å²) in [5, 5.41) is 27.3. The van der Waals surface area contributed by atoms with Gasteiger partial charge in [0.1, 0.15) is 24.1 Å². The van der Waals surface area contributed by atoms with Crippen molar-refractivity contribution in [3.05, 3.63) is 0 Å². The maximum absolute atomic E-state index is 12.1. The Kier molecular flexibility index (Phi) is 3.45. The van der Waals surface area contributed by atoms with Gasteiger partial charge in [-0.25, -0.2) is 0 Å². The van der Waals surface area contributed by atoms with Crippen molar-refractivity contribution in [3.63, 3.8) is 0 Å². The highest BCUT2D eigenvalue weighted by molar-refractivity contribution is 8.16. The van der Waals surface area contributed by atoms with Gasteiger partial charge >= 0.3 is 0 Å². The molecule has 3 aliphatic heterocycles. The van der Waals surface area contributed by atoms with E-state index in [1.165, 1.54) is 0 Å². The molecule has 10 nitrogen and oxygen atoms in total. The van der Waals surface area contributed by atoms with Crippen LogP contribution in [0.1, 0.15) is 0 Å². The molecule has 21 heavy (non-hydrogen) atoms. The molecule has 0 spiro atoms. The van der Waals surface area contributed by atoms with Gasteiger partial charge in [0.25, 0.3) is 11.1 Å². The first-order valence-corrected chi connectivity index (χ1v) is 6.91. The van der Waals surface area contributed by atoms with E-state index >= 15 is 0 Å². The van der Waals surface area contributed by atoms with E-state index in [4.69, 9.17) is 15.6 Å². The summed E-state index contributed by atoms with van der Waals surface area (Å²) in [6, 6.07) is 0. The third kappa shape index (κ3) is 2.13. The fraction of sp³-hybridized carbons (Fsp3) is 0.600. The van der Waals surface area contributed by atoms with Crippen molar-refractivity contribution < 1.29 is 29.6 Å². The lowest BCUT2D eigenvalue weighted by molar-refractivity contribution is -0.116. The molecule has 3 heterocycles. The molecule has 2 saturated heterocycles. The Bertz CT molecular complexity index is 566. The average Bonchev–Trinajstić information content (AvgIpc) is 2.89. The first kappa shape index (κ1) is 14.4. The van der Waals surface area contributed by atoms with Gasteiger partial charge in [-0.15, -0.1) is 0 Å². The smallest absolute Gasteiger partial charge is 0.290 e. The standard InChI is InChI=1S/C10H12N4O6S/c11-9-12-6-5(7(18)13-9)21-10(19)14(6)8-4(17)3(16)2(1-15)20-8/h2-5,8,15-17H,1H2,(H2,11,13,18)/t2-,3-,4-,5?,8-/m1/s1. The number of hydrogen-bond donors (Lipinski definition) is 4. The minimum absolute atomic E-state index is 0.0114. The number of aliphatic hydroxyl groups excluding tert-OH is 3. The highest BCUT2D eigenvalue weighted by Gasteiger charge is 2.54. The average molecular weight is 316 g/mol. The van der Waals surface area contributed by atoms with E-state index in [1.54, 1.807) is 0 Å². The second kappa shape index (κ2) is 5.03. The van der Waals surface area contributed by atoms with E-state index in [9.17, 15) is 19.8 Å². The van der Waals surface area contributed by atoms with E-state index in [0.29, 0.717) is 11.8 Å². The van der Waals surface area contributed by atoms with Crippen LogP contribution in [-0.4, -0.2) is 79.6 Å². The molecule has 5 N–H and O–H groups in total. The summed E-state index contributed by atoms with van der Waals surface area (Å²) in [4.78, 5) is 32.1. The molecule has 11 heteroatoms. The van der Waals surface area contributed by atoms with Crippen LogP contribution in [0, 0.1) is 0 Å². The molecule has 0 aliphatic carbocycles. The Morgan fingerprint density at radius 1 is 1.29 bits per heavy atom. The Morgan fingerprint density at radius 3 is 2.62 bits per heavy atom. The number of carbonyl (C=O) groups excluding carboxylic acids is 2. The highest BCUT2D eigenvalue weighted by Crippen LogP contribution is 2.36. The van der Waals surface area contributed by atoms with Gasteiger partial charge in [0.15, 0.2) is 11.5 Å². The molecule has 0 aromatic rings. The predicted molar refractivity (Wildman–Crippen MR) is 70.4 cm³/mol. The summed E-state index contributed by atoms with van der Waals surface area (Å²) in [6.07, 6.45) is -5.08. The monoisotopic (exact) mass is 316 g/mol. The topological polar surface area (TPSA) is 158 Å². The number of guanidine groups is 1. The molecule has 0 radical (unpaired) electrons. The lowest BCUT2D eigenvalue weighted by Gasteiger charge is -2.26. The van der Waals surface area contributed by atoms with Gasteiger partial charge in [-0.05, 0) is 11.8 Å². The van der Waals surface area contributed by atoms with E-state index in [2.05, 4.69) is 9.98 Å². The summed E-state index contributed by atoms with van der Waals surface area (Å²) in [5.41, 5.74) is 5.40. The number of carbonyl (C=O) groups is 2. The highest BCUT2D eigenvalue weighted by atomic mass is 32.2. The van der Waals surface area contributed by atoms with Gasteiger partial charge in [-0.1, -0.05) is 0 Å². The zero-order valence-electron chi connectivity index (χ0n) is 10.5. The number of thioether (sulfide) groups is 1. The minimum atomic E-state index is -1.44. The number of hydrogen-bond acceptors (Lipinski definition) is 9. The maximum Gasteiger partial charge on any atom is 0.290 e. The van der Waals surface area contributed by atoms with Crippen molar-refractivity contribution in [1.29, 1.82) is 0 Å². The van der Waals surface area contributed by atoms with Crippen molar-refractivity contribution >= 4 is 34.7 Å². The van der Waals surface area contributed by atoms with Crippen LogP contribution in [0.4, 0.5) is 4.79 Å². The van der Waals surface area contributed by atoms with Gasteiger partial charge < -0.3 is 25.8 Å². The van der Waals surface area contributed by atoms with Crippen LogP contribution in [0.5, 0.6) is 0 Å². The Morgan fingerprint density at radius 2 is 2.00 bits per heavy atom. The predicted octanol–water partition coefficient (Wildman–Crippen LogP) is -2.78. The van der Waals surface area contributed by atoms with Gasteiger partial charge in [-0.2, -0.15) is 9.98 Å². The van der Waals surface area contributed by atoms with Crippen molar-refractivity contribution in [2.75, 3.05) is 6.61 Å². The normalized spacial score (nSPS) is 39.4. The second-order valence-corrected chi connectivity index (χ2v) is 5.70. The van der Waals surface area contributed by atoms with Gasteiger partial charge in [-0.3, -0.25) is 14.5 Å². The second-order valence-electron chi connectivity index (χ2n) is 4.64. The Hall–Kier alpha value is -1.53. The Labute approximate surface area is 122 Å². The molecule has 2 fully saturated rings. The van der Waals surface area contributed by atoms with Crippen LogP contribution in [0.2, 0.25) is 0 Å². The molecule has 1 unspecified atom stereocenters. The fourth-order valence-corrected chi connectivity index (χ4v) is 3.28. The molecular weight excluding hydrogens is 304 g/mol. The van der Waals surface area contributed by atoms with Crippen molar-refractivity contribution in [2.45, 2.75) is 29.8 Å². The third-order valence-corrected chi connectivity index (χ3v) is 4.39. The summed E-state index contributed by atoms with van der Waals surface area (Å²) in [7, 11) is 0. The number of aliphatic hydroxyl groups is 3. The quantitative estimate of drug-likeness (QED) is 0.426. The molecule has 0 saturated carbocycles. The zero-order valence-corrected chi connectivity index (χ0v) is 11.3. The fourth-order valence-electron chi connectivity index (χ4n) is 2.34. The number of aliphatic imine (C=N–C) groups is 2. The van der Waals surface area contributed by atoms with Gasteiger partial charge in [0.05, 0.1) is 6.61 Å². The molecular formula is C10H12N4O6S. The molecule has 114 valence electrons. The van der Waals surface area contributed by atoms with Crippen LogP contribution in [-0.2, 0) is 9.53 Å². The molecule has 2 amide bonds. The summed E-state index contributed by atoms with van der Waals surface area (Å²) < 4.78 is 5.28. The number of nitrogens with zero attached hydrogens (tertiary/aromatic N) is 3. The van der Waals surface area contributed by atoms with Crippen LogP contribution in [0.3, 0.4) is 0 Å². The maximum atomic E-state index is 12.1. The number of amidine groups is 1. The minimum Gasteiger partial charge on any atom is -0.394 e. The van der Waals surface area contributed by atoms with Crippen molar-refractivity contribution in [3.8, 4) is 0 Å². The molecule has 5 atom stereocenters. The van der Waals surface area contributed by atoms with E-state index < -0.39 is 47.5 Å². The molecule has 3 rings (SSSR count). The first-order chi connectivity index (χ1) is 9.93. The summed E-state index contributed by atoms with van der Waals surface area (Å²) in [5.74, 6) is -0.902. The molecule has 0 aromatic carbocycles. The largest absolute Gasteiger partial charge is 0.394 e. The van der Waals surface area contributed by atoms with E-state index in [1.807, 2.05) is 0 Å². The van der Waals surface area contributed by atoms with Crippen LogP contribution in [0.25, 0.3) is 0 Å². The van der Waals surface area contributed by atoms with Crippen molar-refractivity contribution in [2.24, 2.45) is 15.7 Å². The summed E-state index contributed by atoms with van der Waals surface area (Å²) in [6.45, 7) is -0.525. The third-order valence-electron chi connectivity index (χ3n) is 3.35.